The zero-order chi connectivity index (χ0) is 14.4. The van der Waals surface area contributed by atoms with Crippen molar-refractivity contribution in [3.63, 3.8) is 0 Å². The molecule has 5 nitrogen and oxygen atoms in total. The summed E-state index contributed by atoms with van der Waals surface area (Å²) in [6.45, 7) is 0. The van der Waals surface area contributed by atoms with Gasteiger partial charge in [-0.05, 0) is 37.8 Å². The summed E-state index contributed by atoms with van der Waals surface area (Å²) in [7, 11) is 0. The number of benzene rings is 1. The van der Waals surface area contributed by atoms with E-state index < -0.39 is 11.8 Å². The van der Waals surface area contributed by atoms with E-state index in [9.17, 15) is 14.3 Å². The minimum absolute atomic E-state index is 0.0665. The number of nitrogen functional groups attached to an aromatic ring is 1. The Bertz CT molecular complexity index is 550. The van der Waals surface area contributed by atoms with Crippen molar-refractivity contribution in [2.45, 2.75) is 43.9 Å². The first-order chi connectivity index (χ1) is 9.47. The number of fused-ring (bicyclic) bond motifs is 2. The van der Waals surface area contributed by atoms with Gasteiger partial charge in [-0.1, -0.05) is 0 Å². The lowest BCUT2D eigenvalue weighted by atomic mass is 9.98. The minimum Gasteiger partial charge on any atom is -0.478 e. The van der Waals surface area contributed by atoms with E-state index in [-0.39, 0.29) is 35.1 Å². The lowest BCUT2D eigenvalue weighted by Gasteiger charge is -2.39. The maximum absolute atomic E-state index is 14.2. The van der Waals surface area contributed by atoms with Crippen LogP contribution in [0.3, 0.4) is 0 Å². The number of aliphatic hydroxyl groups is 1. The Balaban J connectivity index is 2.02. The number of aromatic carboxylic acids is 1. The first kappa shape index (κ1) is 13.2. The third-order valence-corrected chi connectivity index (χ3v) is 4.34. The predicted molar refractivity (Wildman–Crippen MR) is 72.3 cm³/mol. The SMILES string of the molecule is Nc1cc(F)c(N2C3CCC2CC(O)C3)cc1C(=O)O. The Morgan fingerprint density at radius 3 is 2.45 bits per heavy atom. The Morgan fingerprint density at radius 2 is 1.90 bits per heavy atom. The van der Waals surface area contributed by atoms with E-state index in [0.717, 1.165) is 18.9 Å². The highest BCUT2D eigenvalue weighted by Gasteiger charge is 2.41. The molecule has 2 fully saturated rings. The molecule has 6 heteroatoms. The molecule has 2 bridgehead atoms. The van der Waals surface area contributed by atoms with Gasteiger partial charge in [0.1, 0.15) is 5.82 Å². The van der Waals surface area contributed by atoms with Crippen molar-refractivity contribution in [3.8, 4) is 0 Å². The highest BCUT2D eigenvalue weighted by molar-refractivity contribution is 5.95. The maximum Gasteiger partial charge on any atom is 0.337 e. The van der Waals surface area contributed by atoms with Gasteiger partial charge in [-0.2, -0.15) is 0 Å². The summed E-state index contributed by atoms with van der Waals surface area (Å²) in [6, 6.07) is 2.53. The molecule has 2 aliphatic rings. The van der Waals surface area contributed by atoms with Crippen LogP contribution >= 0.6 is 0 Å². The number of aliphatic hydroxyl groups excluding tert-OH is 1. The summed E-state index contributed by atoms with van der Waals surface area (Å²) >= 11 is 0. The summed E-state index contributed by atoms with van der Waals surface area (Å²) < 4.78 is 14.2. The van der Waals surface area contributed by atoms with Gasteiger partial charge >= 0.3 is 5.97 Å². The Labute approximate surface area is 115 Å². The molecule has 0 saturated carbocycles. The fraction of sp³-hybridized carbons (Fsp3) is 0.500. The molecule has 108 valence electrons. The number of carbonyl (C=O) groups is 1. The number of anilines is 2. The molecule has 0 spiro atoms. The van der Waals surface area contributed by atoms with Crippen LogP contribution in [0.15, 0.2) is 12.1 Å². The quantitative estimate of drug-likeness (QED) is 0.716. The fourth-order valence-electron chi connectivity index (χ4n) is 3.50. The number of rotatable bonds is 2. The molecule has 0 amide bonds. The zero-order valence-electron chi connectivity index (χ0n) is 10.9. The molecule has 0 radical (unpaired) electrons. The van der Waals surface area contributed by atoms with Crippen LogP contribution in [-0.2, 0) is 0 Å². The van der Waals surface area contributed by atoms with Gasteiger partial charge in [-0.25, -0.2) is 9.18 Å². The summed E-state index contributed by atoms with van der Waals surface area (Å²) in [5.74, 6) is -1.66. The van der Waals surface area contributed by atoms with E-state index in [2.05, 4.69) is 0 Å². The van der Waals surface area contributed by atoms with Crippen molar-refractivity contribution in [1.29, 1.82) is 0 Å². The van der Waals surface area contributed by atoms with Crippen LogP contribution in [-0.4, -0.2) is 34.4 Å². The van der Waals surface area contributed by atoms with Crippen molar-refractivity contribution in [1.82, 2.24) is 0 Å². The van der Waals surface area contributed by atoms with Gasteiger partial charge in [0.2, 0.25) is 0 Å². The lowest BCUT2D eigenvalue weighted by Crippen LogP contribution is -2.45. The molecule has 2 aliphatic heterocycles. The number of carboxylic acid groups (broad SMARTS) is 1. The second-order valence-electron chi connectivity index (χ2n) is 5.61. The third-order valence-electron chi connectivity index (χ3n) is 4.34. The topological polar surface area (TPSA) is 86.8 Å². The largest absolute Gasteiger partial charge is 0.478 e. The number of hydrogen-bond donors (Lipinski definition) is 3. The monoisotopic (exact) mass is 280 g/mol. The Kier molecular flexibility index (Phi) is 3.05. The van der Waals surface area contributed by atoms with Crippen LogP contribution in [0.25, 0.3) is 0 Å². The van der Waals surface area contributed by atoms with Gasteiger partial charge in [0, 0.05) is 17.8 Å². The van der Waals surface area contributed by atoms with Crippen molar-refractivity contribution in [2.24, 2.45) is 0 Å². The van der Waals surface area contributed by atoms with E-state index in [0.29, 0.717) is 12.8 Å². The standard InChI is InChI=1S/C14H17FN2O3/c15-11-6-12(16)10(14(19)20)5-13(11)17-7-1-2-8(17)4-9(18)3-7/h5-9,18H,1-4,16H2,(H,19,20). The third kappa shape index (κ3) is 2.00. The van der Waals surface area contributed by atoms with Crippen LogP contribution < -0.4 is 10.6 Å². The molecule has 1 aromatic carbocycles. The molecule has 2 atom stereocenters. The Morgan fingerprint density at radius 1 is 1.30 bits per heavy atom. The summed E-state index contributed by atoms with van der Waals surface area (Å²) in [6.07, 6.45) is 2.65. The van der Waals surface area contributed by atoms with Gasteiger partial charge < -0.3 is 20.8 Å². The number of carboxylic acids is 1. The first-order valence-corrected chi connectivity index (χ1v) is 6.76. The molecule has 20 heavy (non-hydrogen) atoms. The van der Waals surface area contributed by atoms with E-state index in [1.165, 1.54) is 6.07 Å². The molecule has 1 aromatic rings. The normalized spacial score (nSPS) is 28.7. The Hall–Kier alpha value is -1.82. The molecule has 3 rings (SSSR count). The van der Waals surface area contributed by atoms with Gasteiger partial charge in [0.15, 0.2) is 0 Å². The zero-order valence-corrected chi connectivity index (χ0v) is 10.9. The average molecular weight is 280 g/mol. The lowest BCUT2D eigenvalue weighted by molar-refractivity contribution is 0.0697. The first-order valence-electron chi connectivity index (χ1n) is 6.76. The molecular formula is C14H17FN2O3. The van der Waals surface area contributed by atoms with Gasteiger partial charge in [-0.3, -0.25) is 0 Å². The highest BCUT2D eigenvalue weighted by Crippen LogP contribution is 2.41. The fourth-order valence-corrected chi connectivity index (χ4v) is 3.50. The number of hydrogen-bond acceptors (Lipinski definition) is 4. The second-order valence-corrected chi connectivity index (χ2v) is 5.61. The van der Waals surface area contributed by atoms with E-state index >= 15 is 0 Å². The molecule has 4 N–H and O–H groups in total. The summed E-state index contributed by atoms with van der Waals surface area (Å²) in [4.78, 5) is 13.1. The van der Waals surface area contributed by atoms with Crippen molar-refractivity contribution >= 4 is 17.3 Å². The molecule has 0 aromatic heterocycles. The van der Waals surface area contributed by atoms with Crippen molar-refractivity contribution < 1.29 is 19.4 Å². The maximum atomic E-state index is 14.2. The molecular weight excluding hydrogens is 263 g/mol. The molecule has 2 heterocycles. The van der Waals surface area contributed by atoms with Crippen molar-refractivity contribution in [2.75, 3.05) is 10.6 Å². The number of nitrogens with two attached hydrogens (primary N) is 1. The van der Waals surface area contributed by atoms with Crippen LogP contribution in [0.4, 0.5) is 15.8 Å². The van der Waals surface area contributed by atoms with E-state index in [4.69, 9.17) is 10.8 Å². The highest BCUT2D eigenvalue weighted by atomic mass is 19.1. The molecule has 2 unspecified atom stereocenters. The van der Waals surface area contributed by atoms with Gasteiger partial charge in [-0.15, -0.1) is 0 Å². The molecule has 2 saturated heterocycles. The van der Waals surface area contributed by atoms with Gasteiger partial charge in [0.05, 0.1) is 17.4 Å². The number of nitrogens with zero attached hydrogens (tertiary/aromatic N) is 1. The van der Waals surface area contributed by atoms with E-state index in [1.54, 1.807) is 0 Å². The summed E-state index contributed by atoms with van der Waals surface area (Å²) in [5.41, 5.74) is 5.69. The summed E-state index contributed by atoms with van der Waals surface area (Å²) in [5, 5.41) is 18.9. The average Bonchev–Trinajstić information content (AvgIpc) is 2.62. The minimum atomic E-state index is -1.16. The number of piperidine rings is 1. The van der Waals surface area contributed by atoms with E-state index in [1.807, 2.05) is 4.90 Å². The molecule has 0 aliphatic carbocycles. The van der Waals surface area contributed by atoms with Crippen molar-refractivity contribution in [3.05, 3.63) is 23.5 Å². The smallest absolute Gasteiger partial charge is 0.337 e. The van der Waals surface area contributed by atoms with Gasteiger partial charge in [0.25, 0.3) is 0 Å². The van der Waals surface area contributed by atoms with Crippen LogP contribution in [0, 0.1) is 5.82 Å². The number of halogens is 1. The van der Waals surface area contributed by atoms with Crippen LogP contribution in [0.1, 0.15) is 36.0 Å². The van der Waals surface area contributed by atoms with Crippen LogP contribution in [0.5, 0.6) is 0 Å². The van der Waals surface area contributed by atoms with Crippen LogP contribution in [0.2, 0.25) is 0 Å². The second kappa shape index (κ2) is 4.63. The predicted octanol–water partition coefficient (Wildman–Crippen LogP) is 1.60.